The number of aliphatic hydroxyl groups is 1. The van der Waals surface area contributed by atoms with E-state index in [4.69, 9.17) is 16.7 Å². The van der Waals surface area contributed by atoms with Gasteiger partial charge in [0.15, 0.2) is 0 Å². The molecule has 0 aliphatic carbocycles. The highest BCUT2D eigenvalue weighted by atomic mass is 35.5. The molecule has 0 bridgehead atoms. The van der Waals surface area contributed by atoms with E-state index in [2.05, 4.69) is 20.3 Å². The van der Waals surface area contributed by atoms with Gasteiger partial charge < -0.3 is 15.3 Å². The van der Waals surface area contributed by atoms with Gasteiger partial charge in [0.2, 0.25) is 17.2 Å². The molecule has 0 fully saturated rings. The van der Waals surface area contributed by atoms with Crippen molar-refractivity contribution in [3.05, 3.63) is 5.28 Å². The van der Waals surface area contributed by atoms with E-state index in [9.17, 15) is 0 Å². The topological polar surface area (TPSA) is 74.2 Å². The molecule has 7 heteroatoms. The quantitative estimate of drug-likeness (QED) is 0.740. The molecule has 6 nitrogen and oxygen atoms in total. The maximum Gasteiger partial charge on any atom is 0.231 e. The van der Waals surface area contributed by atoms with Crippen LogP contribution in [0.5, 0.6) is 0 Å². The molecule has 0 amide bonds. The molecule has 78 valence electrons. The smallest absolute Gasteiger partial charge is 0.231 e. The third-order valence-corrected chi connectivity index (χ3v) is 1.77. The van der Waals surface area contributed by atoms with Gasteiger partial charge in [0.1, 0.15) is 0 Å². The molecule has 2 N–H and O–H groups in total. The number of hydrogen-bond donors (Lipinski definition) is 2. The SMILES string of the molecule is CNc1nc(Cl)nc(N(C)CCO)n1. The molecule has 0 aliphatic rings. The first-order valence-electron chi connectivity index (χ1n) is 4.08. The van der Waals surface area contributed by atoms with Crippen molar-refractivity contribution in [2.45, 2.75) is 0 Å². The second kappa shape index (κ2) is 4.92. The lowest BCUT2D eigenvalue weighted by molar-refractivity contribution is 0.303. The minimum absolute atomic E-state index is 0.0364. The summed E-state index contributed by atoms with van der Waals surface area (Å²) in [5.41, 5.74) is 0. The van der Waals surface area contributed by atoms with Crippen LogP contribution in [0.25, 0.3) is 0 Å². The molecule has 1 rings (SSSR count). The molecular formula is C7H12ClN5O. The van der Waals surface area contributed by atoms with Gasteiger partial charge >= 0.3 is 0 Å². The first kappa shape index (κ1) is 10.9. The standard InChI is InChI=1S/C7H12ClN5O/c1-9-6-10-5(8)11-7(12-6)13(2)3-4-14/h14H,3-4H2,1-2H3,(H,9,10,11,12). The van der Waals surface area contributed by atoms with Crippen LogP contribution in [-0.4, -0.2) is 47.3 Å². The van der Waals surface area contributed by atoms with Crippen LogP contribution in [0.2, 0.25) is 5.28 Å². The average molecular weight is 218 g/mol. The summed E-state index contributed by atoms with van der Waals surface area (Å²) in [4.78, 5) is 13.5. The monoisotopic (exact) mass is 217 g/mol. The van der Waals surface area contributed by atoms with Gasteiger partial charge in [-0.15, -0.1) is 0 Å². The molecule has 14 heavy (non-hydrogen) atoms. The van der Waals surface area contributed by atoms with E-state index in [0.717, 1.165) is 0 Å². The predicted molar refractivity (Wildman–Crippen MR) is 54.7 cm³/mol. The maximum atomic E-state index is 8.73. The lowest BCUT2D eigenvalue weighted by Crippen LogP contribution is -2.24. The van der Waals surface area contributed by atoms with Gasteiger partial charge in [-0.2, -0.15) is 15.0 Å². The summed E-state index contributed by atoms with van der Waals surface area (Å²) >= 11 is 5.68. The van der Waals surface area contributed by atoms with Crippen molar-refractivity contribution in [2.75, 3.05) is 37.5 Å². The number of hydrogen-bond acceptors (Lipinski definition) is 6. The second-order valence-corrected chi connectivity index (χ2v) is 2.96. The summed E-state index contributed by atoms with van der Waals surface area (Å²) in [6, 6.07) is 0. The normalized spacial score (nSPS) is 10.0. The molecule has 0 aromatic carbocycles. The Morgan fingerprint density at radius 2 is 2.14 bits per heavy atom. The van der Waals surface area contributed by atoms with Crippen LogP contribution in [0, 0.1) is 0 Å². The summed E-state index contributed by atoms with van der Waals surface area (Å²) < 4.78 is 0. The summed E-state index contributed by atoms with van der Waals surface area (Å²) in [7, 11) is 3.46. The molecular weight excluding hydrogens is 206 g/mol. The fourth-order valence-electron chi connectivity index (χ4n) is 0.872. The van der Waals surface area contributed by atoms with Gasteiger partial charge in [-0.05, 0) is 11.6 Å². The van der Waals surface area contributed by atoms with Crippen LogP contribution in [0.4, 0.5) is 11.9 Å². The number of aliphatic hydroxyl groups excluding tert-OH is 1. The molecule has 0 radical (unpaired) electrons. The number of likely N-dealkylation sites (N-methyl/N-ethyl adjacent to an activating group) is 1. The minimum Gasteiger partial charge on any atom is -0.395 e. The Kier molecular flexibility index (Phi) is 3.84. The van der Waals surface area contributed by atoms with Crippen molar-refractivity contribution < 1.29 is 5.11 Å². The molecule has 1 aromatic rings. The van der Waals surface area contributed by atoms with E-state index in [0.29, 0.717) is 18.4 Å². The van der Waals surface area contributed by atoms with Crippen molar-refractivity contribution >= 4 is 23.5 Å². The van der Waals surface area contributed by atoms with E-state index in [-0.39, 0.29) is 11.9 Å². The van der Waals surface area contributed by atoms with Crippen LogP contribution in [0.15, 0.2) is 0 Å². The second-order valence-electron chi connectivity index (χ2n) is 2.62. The van der Waals surface area contributed by atoms with Crippen molar-refractivity contribution in [1.29, 1.82) is 0 Å². The number of aromatic nitrogens is 3. The zero-order chi connectivity index (χ0) is 10.6. The Balaban J connectivity index is 2.90. The van der Waals surface area contributed by atoms with Crippen LogP contribution >= 0.6 is 11.6 Å². The molecule has 0 aliphatic heterocycles. The fraction of sp³-hybridized carbons (Fsp3) is 0.571. The predicted octanol–water partition coefficient (Wildman–Crippen LogP) is -0.00480. The van der Waals surface area contributed by atoms with Gasteiger partial charge in [0.05, 0.1) is 6.61 Å². The third kappa shape index (κ3) is 2.68. The highest BCUT2D eigenvalue weighted by molar-refractivity contribution is 6.28. The molecule has 0 saturated heterocycles. The summed E-state index contributed by atoms with van der Waals surface area (Å²) in [5.74, 6) is 0.841. The van der Waals surface area contributed by atoms with E-state index in [1.54, 1.807) is 19.0 Å². The van der Waals surface area contributed by atoms with Crippen molar-refractivity contribution in [3.63, 3.8) is 0 Å². The minimum atomic E-state index is 0.0364. The number of nitrogens with one attached hydrogen (secondary N) is 1. The molecule has 0 saturated carbocycles. The van der Waals surface area contributed by atoms with Crippen LogP contribution < -0.4 is 10.2 Å². The zero-order valence-corrected chi connectivity index (χ0v) is 8.78. The number of rotatable bonds is 4. The van der Waals surface area contributed by atoms with Gasteiger partial charge in [-0.1, -0.05) is 0 Å². The van der Waals surface area contributed by atoms with Gasteiger partial charge in [0.25, 0.3) is 0 Å². The van der Waals surface area contributed by atoms with Crippen LogP contribution in [0.3, 0.4) is 0 Å². The average Bonchev–Trinajstić information content (AvgIpc) is 2.17. The number of nitrogens with zero attached hydrogens (tertiary/aromatic N) is 4. The highest BCUT2D eigenvalue weighted by Gasteiger charge is 2.07. The molecule has 1 aromatic heterocycles. The molecule has 0 atom stereocenters. The number of halogens is 1. The Labute approximate surface area is 87.0 Å². The Bertz CT molecular complexity index is 308. The van der Waals surface area contributed by atoms with E-state index in [1.165, 1.54) is 0 Å². The summed E-state index contributed by atoms with van der Waals surface area (Å²) in [6.45, 7) is 0.484. The summed E-state index contributed by atoms with van der Waals surface area (Å²) in [5, 5.41) is 11.6. The van der Waals surface area contributed by atoms with Crippen LogP contribution in [-0.2, 0) is 0 Å². The first-order chi connectivity index (χ1) is 6.67. The summed E-state index contributed by atoms with van der Waals surface area (Å²) in [6.07, 6.45) is 0. The van der Waals surface area contributed by atoms with Crippen molar-refractivity contribution in [1.82, 2.24) is 15.0 Å². The maximum absolute atomic E-state index is 8.73. The third-order valence-electron chi connectivity index (χ3n) is 1.60. The fourth-order valence-corrected chi connectivity index (χ4v) is 1.03. The zero-order valence-electron chi connectivity index (χ0n) is 8.03. The lowest BCUT2D eigenvalue weighted by Gasteiger charge is -2.15. The van der Waals surface area contributed by atoms with Crippen molar-refractivity contribution in [2.24, 2.45) is 0 Å². The van der Waals surface area contributed by atoms with Gasteiger partial charge in [0, 0.05) is 20.6 Å². The van der Waals surface area contributed by atoms with Crippen LogP contribution in [0.1, 0.15) is 0 Å². The van der Waals surface area contributed by atoms with Gasteiger partial charge in [-0.25, -0.2) is 0 Å². The lowest BCUT2D eigenvalue weighted by atomic mass is 10.6. The molecule has 0 unspecified atom stereocenters. The number of anilines is 2. The molecule has 0 spiro atoms. The van der Waals surface area contributed by atoms with Gasteiger partial charge in [-0.3, -0.25) is 0 Å². The van der Waals surface area contributed by atoms with E-state index < -0.39 is 0 Å². The largest absolute Gasteiger partial charge is 0.395 e. The highest BCUT2D eigenvalue weighted by Crippen LogP contribution is 2.11. The Hall–Kier alpha value is -1.14. The van der Waals surface area contributed by atoms with Crippen molar-refractivity contribution in [3.8, 4) is 0 Å². The van der Waals surface area contributed by atoms with E-state index in [1.807, 2.05) is 0 Å². The first-order valence-corrected chi connectivity index (χ1v) is 4.46. The Morgan fingerprint density at radius 1 is 1.43 bits per heavy atom. The Morgan fingerprint density at radius 3 is 2.71 bits per heavy atom. The van der Waals surface area contributed by atoms with E-state index >= 15 is 0 Å². The molecule has 1 heterocycles.